The molecule has 0 atom stereocenters. The number of fused-ring (bicyclic) bond motifs is 1. The highest BCUT2D eigenvalue weighted by Gasteiger charge is 2.24. The molecule has 0 spiro atoms. The number of benzene rings is 1. The zero-order valence-electron chi connectivity index (χ0n) is 14.3. The van der Waals surface area contributed by atoms with Gasteiger partial charge in [0.2, 0.25) is 11.9 Å². The van der Waals surface area contributed by atoms with Crippen LogP contribution in [0.3, 0.4) is 0 Å². The van der Waals surface area contributed by atoms with E-state index in [-0.39, 0.29) is 12.5 Å². The Morgan fingerprint density at radius 1 is 1.42 bits per heavy atom. The van der Waals surface area contributed by atoms with Crippen molar-refractivity contribution < 1.29 is 9.53 Å². The van der Waals surface area contributed by atoms with Gasteiger partial charge in [-0.2, -0.15) is 0 Å². The summed E-state index contributed by atoms with van der Waals surface area (Å²) in [5.41, 5.74) is 2.43. The summed E-state index contributed by atoms with van der Waals surface area (Å²) in [6.07, 6.45) is 0.891. The highest BCUT2D eigenvalue weighted by molar-refractivity contribution is 5.75. The first-order chi connectivity index (χ1) is 11.6. The van der Waals surface area contributed by atoms with Crippen LogP contribution in [0.1, 0.15) is 18.1 Å². The van der Waals surface area contributed by atoms with E-state index in [0.29, 0.717) is 19.0 Å². The number of tetrazole rings is 1. The van der Waals surface area contributed by atoms with Crippen LogP contribution in [0.25, 0.3) is 0 Å². The third-order valence-electron chi connectivity index (χ3n) is 4.43. The maximum absolute atomic E-state index is 12.1. The molecule has 0 saturated heterocycles. The van der Waals surface area contributed by atoms with Gasteiger partial charge in [0.05, 0.1) is 7.11 Å². The molecule has 2 heterocycles. The number of aromatic nitrogens is 4. The van der Waals surface area contributed by atoms with E-state index in [1.807, 2.05) is 19.1 Å². The van der Waals surface area contributed by atoms with Crippen LogP contribution in [0.4, 0.5) is 5.95 Å². The normalized spacial score (nSPS) is 13.5. The number of methoxy groups -OCH3 is 1. The van der Waals surface area contributed by atoms with Gasteiger partial charge in [0.1, 0.15) is 12.3 Å². The van der Waals surface area contributed by atoms with E-state index in [0.717, 1.165) is 24.3 Å². The molecule has 0 fully saturated rings. The number of amides is 1. The summed E-state index contributed by atoms with van der Waals surface area (Å²) in [4.78, 5) is 15.9. The second kappa shape index (κ2) is 6.86. The van der Waals surface area contributed by atoms with E-state index in [1.165, 1.54) is 5.56 Å². The Labute approximate surface area is 141 Å². The van der Waals surface area contributed by atoms with Gasteiger partial charge >= 0.3 is 0 Å². The van der Waals surface area contributed by atoms with Crippen molar-refractivity contribution in [2.75, 3.05) is 32.1 Å². The van der Waals surface area contributed by atoms with Crippen molar-refractivity contribution >= 4 is 11.9 Å². The molecular weight excluding hydrogens is 308 g/mol. The minimum Gasteiger partial charge on any atom is -0.496 e. The summed E-state index contributed by atoms with van der Waals surface area (Å²) >= 11 is 0. The maximum Gasteiger partial charge on any atom is 0.246 e. The minimum atomic E-state index is -0.0129. The lowest BCUT2D eigenvalue weighted by Gasteiger charge is -2.30. The molecule has 8 heteroatoms. The van der Waals surface area contributed by atoms with Crippen LogP contribution in [-0.4, -0.2) is 58.3 Å². The monoisotopic (exact) mass is 330 g/mol. The van der Waals surface area contributed by atoms with Crippen molar-refractivity contribution in [1.29, 1.82) is 0 Å². The van der Waals surface area contributed by atoms with Gasteiger partial charge in [0.15, 0.2) is 0 Å². The molecule has 2 aromatic rings. The van der Waals surface area contributed by atoms with Gasteiger partial charge in [0.25, 0.3) is 0 Å². The summed E-state index contributed by atoms with van der Waals surface area (Å²) in [6, 6.07) is 6.10. The summed E-state index contributed by atoms with van der Waals surface area (Å²) in [5, 5.41) is 11.9. The van der Waals surface area contributed by atoms with E-state index in [1.54, 1.807) is 23.7 Å². The van der Waals surface area contributed by atoms with Crippen molar-refractivity contribution in [3.8, 4) is 5.75 Å². The Kier molecular flexibility index (Phi) is 4.64. The fraction of sp³-hybridized carbons (Fsp3) is 0.500. The average molecular weight is 330 g/mol. The second-order valence-electron chi connectivity index (χ2n) is 5.81. The quantitative estimate of drug-likeness (QED) is 0.804. The van der Waals surface area contributed by atoms with Crippen LogP contribution in [0.5, 0.6) is 5.75 Å². The summed E-state index contributed by atoms with van der Waals surface area (Å²) in [5.74, 6) is 1.48. The first-order valence-corrected chi connectivity index (χ1v) is 8.03. The van der Waals surface area contributed by atoms with Crippen LogP contribution in [0, 0.1) is 0 Å². The number of nitrogens with zero attached hydrogens (tertiary/aromatic N) is 6. The van der Waals surface area contributed by atoms with Gasteiger partial charge in [-0.1, -0.05) is 17.2 Å². The number of carbonyl (C=O) groups excluding carboxylic acids is 1. The molecule has 128 valence electrons. The molecule has 1 aromatic heterocycles. The zero-order chi connectivity index (χ0) is 17.1. The second-order valence-corrected chi connectivity index (χ2v) is 5.81. The van der Waals surface area contributed by atoms with Crippen LogP contribution in [0.15, 0.2) is 18.2 Å². The Balaban J connectivity index is 1.82. The van der Waals surface area contributed by atoms with Gasteiger partial charge in [-0.15, -0.1) is 0 Å². The number of carbonyl (C=O) groups is 1. The maximum atomic E-state index is 12.1. The molecular formula is C16H22N6O2. The van der Waals surface area contributed by atoms with Gasteiger partial charge < -0.3 is 14.5 Å². The molecule has 1 amide bonds. The molecule has 0 saturated carbocycles. The molecule has 1 aliphatic rings. The predicted molar refractivity (Wildman–Crippen MR) is 88.9 cm³/mol. The molecule has 0 aliphatic carbocycles. The molecule has 0 bridgehead atoms. The highest BCUT2D eigenvalue weighted by atomic mass is 16.5. The molecule has 1 aliphatic heterocycles. The number of anilines is 1. The Morgan fingerprint density at radius 2 is 2.25 bits per heavy atom. The fourth-order valence-corrected chi connectivity index (χ4v) is 2.87. The van der Waals surface area contributed by atoms with Gasteiger partial charge in [-0.25, -0.2) is 4.68 Å². The third-order valence-corrected chi connectivity index (χ3v) is 4.43. The van der Waals surface area contributed by atoms with Gasteiger partial charge in [-0.3, -0.25) is 4.79 Å². The Bertz CT molecular complexity index is 715. The number of hydrogen-bond donors (Lipinski definition) is 0. The zero-order valence-corrected chi connectivity index (χ0v) is 14.3. The summed E-state index contributed by atoms with van der Waals surface area (Å²) in [6.45, 7) is 4.20. The predicted octanol–water partition coefficient (Wildman–Crippen LogP) is 0.723. The molecule has 0 radical (unpaired) electrons. The molecule has 24 heavy (non-hydrogen) atoms. The van der Waals surface area contributed by atoms with Crippen molar-refractivity contribution in [3.63, 3.8) is 0 Å². The third kappa shape index (κ3) is 3.04. The Morgan fingerprint density at radius 3 is 3.00 bits per heavy atom. The molecule has 0 N–H and O–H groups in total. The van der Waals surface area contributed by atoms with E-state index >= 15 is 0 Å². The molecule has 3 rings (SSSR count). The van der Waals surface area contributed by atoms with Gasteiger partial charge in [-0.05, 0) is 35.4 Å². The number of likely N-dealkylation sites (N-methyl/N-ethyl adjacent to an activating group) is 1. The molecule has 1 aromatic carbocycles. The molecule has 0 unspecified atom stereocenters. The van der Waals surface area contributed by atoms with Crippen LogP contribution >= 0.6 is 0 Å². The van der Waals surface area contributed by atoms with E-state index in [2.05, 4.69) is 26.5 Å². The first-order valence-electron chi connectivity index (χ1n) is 8.03. The van der Waals surface area contributed by atoms with Crippen LogP contribution in [-0.2, 0) is 24.3 Å². The lowest BCUT2D eigenvalue weighted by Crippen LogP contribution is -2.35. The van der Waals surface area contributed by atoms with Crippen LogP contribution in [0.2, 0.25) is 0 Å². The van der Waals surface area contributed by atoms with Gasteiger partial charge in [0, 0.05) is 32.2 Å². The van der Waals surface area contributed by atoms with E-state index in [9.17, 15) is 4.79 Å². The number of hydrogen-bond acceptors (Lipinski definition) is 6. The van der Waals surface area contributed by atoms with E-state index in [4.69, 9.17) is 4.74 Å². The lowest BCUT2D eigenvalue weighted by molar-refractivity contribution is -0.130. The number of rotatable bonds is 5. The van der Waals surface area contributed by atoms with Crippen molar-refractivity contribution in [3.05, 3.63) is 29.3 Å². The Hall–Kier alpha value is -2.64. The van der Waals surface area contributed by atoms with Crippen molar-refractivity contribution in [2.24, 2.45) is 0 Å². The van der Waals surface area contributed by atoms with Crippen molar-refractivity contribution in [2.45, 2.75) is 26.4 Å². The average Bonchev–Trinajstić information content (AvgIpc) is 3.07. The first kappa shape index (κ1) is 16.2. The highest BCUT2D eigenvalue weighted by Crippen LogP contribution is 2.29. The SMILES string of the molecule is CCN(C)C(=O)Cn1nnnc1N1CCc2cccc(OC)c2C1. The standard InChI is InChI=1S/C16H22N6O2/c1-4-20(2)15(23)11-22-16(17-18-19-22)21-9-8-12-6-5-7-14(24-3)13(12)10-21/h5-7H,4,8-11H2,1-3H3. The fourth-order valence-electron chi connectivity index (χ4n) is 2.87. The minimum absolute atomic E-state index is 0.0129. The van der Waals surface area contributed by atoms with Crippen molar-refractivity contribution in [1.82, 2.24) is 25.1 Å². The molecule has 8 nitrogen and oxygen atoms in total. The largest absolute Gasteiger partial charge is 0.496 e. The summed E-state index contributed by atoms with van der Waals surface area (Å²) in [7, 11) is 3.45. The summed E-state index contributed by atoms with van der Waals surface area (Å²) < 4.78 is 7.04. The number of ether oxygens (including phenoxy) is 1. The smallest absolute Gasteiger partial charge is 0.246 e. The van der Waals surface area contributed by atoms with E-state index < -0.39 is 0 Å². The van der Waals surface area contributed by atoms with Crippen LogP contribution < -0.4 is 9.64 Å². The lowest BCUT2D eigenvalue weighted by atomic mass is 9.99. The topological polar surface area (TPSA) is 76.4 Å².